The molecule has 3 heterocycles. The maximum Gasteiger partial charge on any atom is 0.334 e. The topological polar surface area (TPSA) is 119 Å². The molecule has 0 unspecified atom stereocenters. The number of benzene rings is 1. The molecule has 0 N–H and O–H groups in total. The number of carbonyl (C=O) groups excluding carboxylic acids is 1. The number of rotatable bonds is 34. The van der Waals surface area contributed by atoms with Crippen LogP contribution in [0.2, 0.25) is 0 Å². The summed E-state index contributed by atoms with van der Waals surface area (Å²) in [6.45, 7) is 5.13. The minimum atomic E-state index is -0.353. The molecule has 0 aromatic heterocycles. The van der Waals surface area contributed by atoms with E-state index in [1.165, 1.54) is 57.8 Å². The summed E-state index contributed by atoms with van der Waals surface area (Å²) in [5.41, 5.74) is 1.62. The minimum absolute atomic E-state index is 0.00198. The number of cyclic esters (lactones) is 1. The number of hydrogen-bond acceptors (Lipinski definition) is 12. The number of ether oxygens (including phenoxy) is 11. The van der Waals surface area contributed by atoms with Crippen LogP contribution in [0, 0.1) is 11.8 Å². The lowest BCUT2D eigenvalue weighted by molar-refractivity contribution is -0.165. The van der Waals surface area contributed by atoms with Gasteiger partial charge < -0.3 is 52.1 Å². The fraction of sp³-hybridized carbons (Fsp3) is 0.745. The second kappa shape index (κ2) is 31.9. The molecule has 0 spiro atoms. The molecular weight excluding hydrogens is 805 g/mol. The fourth-order valence-corrected chi connectivity index (χ4v) is 8.64. The zero-order valence-electron chi connectivity index (χ0n) is 39.4. The Balaban J connectivity index is 1.26. The summed E-state index contributed by atoms with van der Waals surface area (Å²) >= 11 is 0. The van der Waals surface area contributed by atoms with Crippen molar-refractivity contribution in [3.8, 4) is 17.6 Å². The third-order valence-electron chi connectivity index (χ3n) is 12.1. The molecule has 0 amide bonds. The average molecular weight is 885 g/mol. The fourth-order valence-electron chi connectivity index (χ4n) is 8.64. The summed E-state index contributed by atoms with van der Waals surface area (Å²) in [6.07, 6.45) is 24.4. The molecule has 356 valence electrons. The van der Waals surface area contributed by atoms with Gasteiger partial charge in [-0.05, 0) is 87.8 Å². The van der Waals surface area contributed by atoms with Crippen molar-refractivity contribution in [3.05, 3.63) is 53.6 Å². The highest BCUT2D eigenvalue weighted by Gasteiger charge is 2.38. The van der Waals surface area contributed by atoms with Crippen LogP contribution >= 0.6 is 0 Å². The van der Waals surface area contributed by atoms with Gasteiger partial charge in [0.25, 0.3) is 0 Å². The summed E-state index contributed by atoms with van der Waals surface area (Å²) in [5.74, 6) is 6.93. The maximum absolute atomic E-state index is 12.4. The van der Waals surface area contributed by atoms with E-state index in [9.17, 15) is 4.79 Å². The van der Waals surface area contributed by atoms with Crippen LogP contribution in [0.4, 0.5) is 0 Å². The molecule has 0 bridgehead atoms. The minimum Gasteiger partial charge on any atom is -0.497 e. The van der Waals surface area contributed by atoms with Gasteiger partial charge in [-0.1, -0.05) is 95.1 Å². The lowest BCUT2D eigenvalue weighted by Crippen LogP contribution is -2.36. The third kappa shape index (κ3) is 20.5. The normalized spacial score (nSPS) is 23.0. The first-order valence-corrected chi connectivity index (χ1v) is 23.8. The molecule has 0 saturated carbocycles. The Morgan fingerprint density at radius 2 is 1.25 bits per heavy atom. The highest BCUT2D eigenvalue weighted by molar-refractivity contribution is 5.90. The second-order valence-electron chi connectivity index (χ2n) is 17.1. The van der Waals surface area contributed by atoms with Gasteiger partial charge in [0.1, 0.15) is 32.2 Å². The molecule has 12 nitrogen and oxygen atoms in total. The highest BCUT2D eigenvalue weighted by Crippen LogP contribution is 2.33. The van der Waals surface area contributed by atoms with Gasteiger partial charge in [0.2, 0.25) is 0 Å². The number of hydrogen-bond donors (Lipinski definition) is 0. The molecule has 3 aliphatic heterocycles. The van der Waals surface area contributed by atoms with Gasteiger partial charge in [0.15, 0.2) is 0 Å². The van der Waals surface area contributed by atoms with E-state index in [0.717, 1.165) is 62.7 Å². The quantitative estimate of drug-likeness (QED) is 0.0284. The van der Waals surface area contributed by atoms with E-state index in [0.29, 0.717) is 25.0 Å². The van der Waals surface area contributed by atoms with Crippen molar-refractivity contribution in [1.29, 1.82) is 0 Å². The molecule has 12 heteroatoms. The molecule has 1 aromatic carbocycles. The summed E-state index contributed by atoms with van der Waals surface area (Å²) in [4.78, 5) is 12.4. The summed E-state index contributed by atoms with van der Waals surface area (Å²) in [6, 6.07) is 7.73. The van der Waals surface area contributed by atoms with Gasteiger partial charge in [0.05, 0.1) is 62.5 Å². The molecule has 9 atom stereocenters. The Kier molecular flexibility index (Phi) is 26.8. The Morgan fingerprint density at radius 1 is 0.698 bits per heavy atom. The maximum atomic E-state index is 12.4. The molecule has 1 aromatic rings. The summed E-state index contributed by atoms with van der Waals surface area (Å²) in [7, 11) is 6.60. The molecule has 0 radical (unpaired) electrons. The smallest absolute Gasteiger partial charge is 0.334 e. The van der Waals surface area contributed by atoms with E-state index in [4.69, 9.17) is 52.1 Å². The van der Waals surface area contributed by atoms with Crippen LogP contribution in [0.3, 0.4) is 0 Å². The monoisotopic (exact) mass is 885 g/mol. The zero-order valence-corrected chi connectivity index (χ0v) is 39.4. The molecule has 4 rings (SSSR count). The molecule has 2 saturated heterocycles. The van der Waals surface area contributed by atoms with E-state index < -0.39 is 0 Å². The number of unbranched alkanes of at least 4 members (excludes halogenated alkanes) is 9. The van der Waals surface area contributed by atoms with Crippen molar-refractivity contribution >= 4 is 5.97 Å². The standard InChI is InChI=1S/C51H80O12/c1-7-8-9-10-11-12-13-14-15-19-22-45(58-36-53-3)49-31-32-50(63-49)47(60-38-55-5)30-29-46(59-37-54-4)48-28-27-43(62-48)20-17-16-18-21-44(34-41-33-39(2)61-51(41)52)57-35-40-23-25-42(56-6)26-24-40/h18,21,23-26,33,39,43-50H,7-15,19-20,22,27-32,34-38H2,1-6H3/b21-18+/t39-,43+,44+,45+,46-,47+,48-,49+,50+/m0/s1. The van der Waals surface area contributed by atoms with E-state index in [-0.39, 0.29) is 81.3 Å². The Labute approximate surface area is 379 Å². The average Bonchev–Trinajstić information content (AvgIpc) is 4.05. The predicted molar refractivity (Wildman–Crippen MR) is 243 cm³/mol. The van der Waals surface area contributed by atoms with Crippen molar-refractivity contribution < 1.29 is 56.9 Å². The molecule has 3 aliphatic rings. The SMILES string of the molecule is CCCCCCCCCCCC[C@@H](OCOC)[C@H]1CC[C@H]([C@@H](CC[C@H](OCOC)[C@@H]2CC[C@@H](CC#C/C=C/[C@H](CC3=C[C@H](C)OC3=O)OCc3ccc(OC)cc3)O2)OCOC)O1. The van der Waals surface area contributed by atoms with Crippen molar-refractivity contribution in [3.63, 3.8) is 0 Å². The lowest BCUT2D eigenvalue weighted by Gasteiger charge is -2.29. The van der Waals surface area contributed by atoms with Crippen molar-refractivity contribution in [2.45, 2.75) is 197 Å². The highest BCUT2D eigenvalue weighted by atomic mass is 16.7. The number of carbonyl (C=O) groups is 1. The van der Waals surface area contributed by atoms with Crippen LogP contribution in [0.5, 0.6) is 5.75 Å². The first kappa shape index (κ1) is 52.8. The molecule has 63 heavy (non-hydrogen) atoms. The van der Waals surface area contributed by atoms with E-state index >= 15 is 0 Å². The van der Waals surface area contributed by atoms with Gasteiger partial charge in [-0.3, -0.25) is 0 Å². The zero-order chi connectivity index (χ0) is 44.9. The van der Waals surface area contributed by atoms with Crippen LogP contribution < -0.4 is 4.74 Å². The van der Waals surface area contributed by atoms with Gasteiger partial charge in [-0.25, -0.2) is 4.79 Å². The van der Waals surface area contributed by atoms with E-state index in [1.807, 2.05) is 43.3 Å². The lowest BCUT2D eigenvalue weighted by atomic mass is 9.98. The number of allylic oxidation sites excluding steroid dienone is 1. The van der Waals surface area contributed by atoms with Gasteiger partial charge in [-0.15, -0.1) is 0 Å². The van der Waals surface area contributed by atoms with Crippen LogP contribution in [0.25, 0.3) is 0 Å². The largest absolute Gasteiger partial charge is 0.497 e. The van der Waals surface area contributed by atoms with Crippen LogP contribution in [-0.2, 0) is 58.8 Å². The first-order valence-electron chi connectivity index (χ1n) is 23.8. The van der Waals surface area contributed by atoms with Crippen LogP contribution in [0.15, 0.2) is 48.1 Å². The van der Waals surface area contributed by atoms with Crippen LogP contribution in [-0.4, -0.2) is 110 Å². The van der Waals surface area contributed by atoms with Crippen molar-refractivity contribution in [2.75, 3.05) is 48.8 Å². The molecule has 0 aliphatic carbocycles. The van der Waals surface area contributed by atoms with Crippen molar-refractivity contribution in [2.24, 2.45) is 0 Å². The van der Waals surface area contributed by atoms with Gasteiger partial charge in [-0.2, -0.15) is 0 Å². The van der Waals surface area contributed by atoms with Gasteiger partial charge >= 0.3 is 5.97 Å². The predicted octanol–water partition coefficient (Wildman–Crippen LogP) is 9.95. The Hall–Kier alpha value is -2.83. The van der Waals surface area contributed by atoms with Crippen LogP contribution in [0.1, 0.15) is 141 Å². The first-order chi connectivity index (χ1) is 30.9. The number of methoxy groups -OCH3 is 4. The molecular formula is C51H80O12. The molecule has 2 fully saturated rings. The summed E-state index contributed by atoms with van der Waals surface area (Å²) < 4.78 is 64.8. The second-order valence-corrected chi connectivity index (χ2v) is 17.1. The van der Waals surface area contributed by atoms with Crippen molar-refractivity contribution in [1.82, 2.24) is 0 Å². The summed E-state index contributed by atoms with van der Waals surface area (Å²) in [5, 5.41) is 0. The third-order valence-corrected chi connectivity index (χ3v) is 12.1. The van der Waals surface area contributed by atoms with E-state index in [2.05, 4.69) is 18.8 Å². The Bertz CT molecular complexity index is 1490. The Morgan fingerprint density at radius 3 is 1.81 bits per heavy atom. The van der Waals surface area contributed by atoms with E-state index in [1.54, 1.807) is 34.5 Å². The number of esters is 1. The van der Waals surface area contributed by atoms with Gasteiger partial charge in [0, 0.05) is 39.7 Å².